The van der Waals surface area contributed by atoms with E-state index in [1.807, 2.05) is 0 Å². The van der Waals surface area contributed by atoms with Crippen LogP contribution in [0.1, 0.15) is 32.3 Å². The number of sulfonamides is 1. The normalized spacial score (nSPS) is 12.7. The third kappa shape index (κ3) is 3.99. The van der Waals surface area contributed by atoms with Crippen molar-refractivity contribution in [1.82, 2.24) is 4.72 Å². The van der Waals surface area contributed by atoms with Gasteiger partial charge in [0.15, 0.2) is 0 Å². The summed E-state index contributed by atoms with van der Waals surface area (Å²) < 4.78 is 39.7. The lowest BCUT2D eigenvalue weighted by molar-refractivity contribution is 0.0377. The first kappa shape index (κ1) is 16.1. The fourth-order valence-electron chi connectivity index (χ4n) is 1.55. The van der Waals surface area contributed by atoms with Crippen LogP contribution in [0.3, 0.4) is 0 Å². The van der Waals surface area contributed by atoms with Gasteiger partial charge < -0.3 is 5.11 Å². The standard InChI is InChI=1S/C13H20FNO3S/c1-4-13(16,5-2)9-15-19(17,18)11-7-6-10(3)12(14)8-11/h6-8,15-16H,4-5,9H2,1-3H3. The van der Waals surface area contributed by atoms with Gasteiger partial charge in [-0.15, -0.1) is 0 Å². The predicted octanol–water partition coefficient (Wildman–Crippen LogP) is 1.96. The molecule has 2 N–H and O–H groups in total. The molecule has 0 radical (unpaired) electrons. The lowest BCUT2D eigenvalue weighted by Gasteiger charge is -2.25. The molecule has 19 heavy (non-hydrogen) atoms. The Balaban J connectivity index is 2.90. The lowest BCUT2D eigenvalue weighted by Crippen LogP contribution is -2.41. The van der Waals surface area contributed by atoms with E-state index in [9.17, 15) is 17.9 Å². The van der Waals surface area contributed by atoms with Crippen LogP contribution >= 0.6 is 0 Å². The molecule has 0 saturated carbocycles. The molecule has 108 valence electrons. The molecular formula is C13H20FNO3S. The molecule has 0 heterocycles. The van der Waals surface area contributed by atoms with Crippen LogP contribution in [-0.2, 0) is 10.0 Å². The van der Waals surface area contributed by atoms with Gasteiger partial charge in [-0.05, 0) is 37.5 Å². The minimum atomic E-state index is -3.80. The van der Waals surface area contributed by atoms with E-state index in [1.165, 1.54) is 12.1 Å². The molecule has 0 aliphatic rings. The minimum absolute atomic E-state index is 0.0855. The highest BCUT2D eigenvalue weighted by Gasteiger charge is 2.25. The Morgan fingerprint density at radius 3 is 2.37 bits per heavy atom. The molecule has 0 bridgehead atoms. The molecule has 0 aromatic heterocycles. The molecule has 6 heteroatoms. The van der Waals surface area contributed by atoms with Crippen molar-refractivity contribution in [2.24, 2.45) is 0 Å². The summed E-state index contributed by atoms with van der Waals surface area (Å²) in [6.45, 7) is 5.04. The first-order chi connectivity index (χ1) is 8.74. The van der Waals surface area contributed by atoms with Gasteiger partial charge in [0.1, 0.15) is 5.82 Å². The minimum Gasteiger partial charge on any atom is -0.389 e. The van der Waals surface area contributed by atoms with E-state index in [-0.39, 0.29) is 11.4 Å². The van der Waals surface area contributed by atoms with Crippen molar-refractivity contribution >= 4 is 10.0 Å². The Bertz CT molecular complexity index is 539. The number of halogens is 1. The van der Waals surface area contributed by atoms with Crippen LogP contribution in [0.15, 0.2) is 23.1 Å². The predicted molar refractivity (Wildman–Crippen MR) is 71.9 cm³/mol. The Morgan fingerprint density at radius 2 is 1.89 bits per heavy atom. The van der Waals surface area contributed by atoms with Crippen LogP contribution in [0.2, 0.25) is 0 Å². The molecule has 0 unspecified atom stereocenters. The lowest BCUT2D eigenvalue weighted by atomic mass is 9.98. The molecule has 1 rings (SSSR count). The summed E-state index contributed by atoms with van der Waals surface area (Å²) >= 11 is 0. The van der Waals surface area contributed by atoms with Gasteiger partial charge in [-0.25, -0.2) is 17.5 Å². The molecule has 1 aromatic carbocycles. The summed E-state index contributed by atoms with van der Waals surface area (Å²) in [6, 6.07) is 3.74. The summed E-state index contributed by atoms with van der Waals surface area (Å²) in [7, 11) is -3.80. The third-order valence-corrected chi connectivity index (χ3v) is 4.76. The van der Waals surface area contributed by atoms with Crippen molar-refractivity contribution in [3.05, 3.63) is 29.6 Å². The number of hydrogen-bond acceptors (Lipinski definition) is 3. The van der Waals surface area contributed by atoms with Gasteiger partial charge >= 0.3 is 0 Å². The highest BCUT2D eigenvalue weighted by molar-refractivity contribution is 7.89. The molecule has 0 fully saturated rings. The zero-order valence-electron chi connectivity index (χ0n) is 11.4. The van der Waals surface area contributed by atoms with Crippen molar-refractivity contribution in [1.29, 1.82) is 0 Å². The number of aliphatic hydroxyl groups is 1. The number of benzene rings is 1. The van der Waals surface area contributed by atoms with Gasteiger partial charge in [0.05, 0.1) is 10.5 Å². The van der Waals surface area contributed by atoms with Crippen LogP contribution in [0, 0.1) is 12.7 Å². The molecule has 0 spiro atoms. The van der Waals surface area contributed by atoms with E-state index in [0.29, 0.717) is 18.4 Å². The van der Waals surface area contributed by atoms with Gasteiger partial charge in [-0.3, -0.25) is 0 Å². The maximum Gasteiger partial charge on any atom is 0.240 e. The van der Waals surface area contributed by atoms with Crippen LogP contribution < -0.4 is 4.72 Å². The van der Waals surface area contributed by atoms with Gasteiger partial charge in [0.25, 0.3) is 0 Å². The van der Waals surface area contributed by atoms with Gasteiger partial charge in [0.2, 0.25) is 10.0 Å². The molecule has 0 atom stereocenters. The van der Waals surface area contributed by atoms with E-state index in [4.69, 9.17) is 0 Å². The number of aryl methyl sites for hydroxylation is 1. The number of nitrogens with one attached hydrogen (secondary N) is 1. The number of rotatable bonds is 6. The highest BCUT2D eigenvalue weighted by Crippen LogP contribution is 2.17. The smallest absolute Gasteiger partial charge is 0.240 e. The second kappa shape index (κ2) is 5.98. The quantitative estimate of drug-likeness (QED) is 0.841. The van der Waals surface area contributed by atoms with Crippen LogP contribution in [-0.4, -0.2) is 25.7 Å². The first-order valence-electron chi connectivity index (χ1n) is 6.22. The maximum absolute atomic E-state index is 13.4. The van der Waals surface area contributed by atoms with Crippen molar-refractivity contribution in [2.75, 3.05) is 6.54 Å². The van der Waals surface area contributed by atoms with Crippen molar-refractivity contribution in [3.8, 4) is 0 Å². The fraction of sp³-hybridized carbons (Fsp3) is 0.538. The monoisotopic (exact) mass is 289 g/mol. The zero-order chi connectivity index (χ0) is 14.7. The number of hydrogen-bond donors (Lipinski definition) is 2. The van der Waals surface area contributed by atoms with Gasteiger partial charge in [0, 0.05) is 6.54 Å². The molecule has 1 aromatic rings. The van der Waals surface area contributed by atoms with E-state index < -0.39 is 21.4 Å². The SMILES string of the molecule is CCC(O)(CC)CNS(=O)(=O)c1ccc(C)c(F)c1. The molecule has 0 aliphatic carbocycles. The highest BCUT2D eigenvalue weighted by atomic mass is 32.2. The third-order valence-electron chi connectivity index (χ3n) is 3.36. The largest absolute Gasteiger partial charge is 0.389 e. The van der Waals surface area contributed by atoms with Crippen LogP contribution in [0.25, 0.3) is 0 Å². The van der Waals surface area contributed by atoms with Crippen molar-refractivity contribution in [3.63, 3.8) is 0 Å². The first-order valence-corrected chi connectivity index (χ1v) is 7.70. The Labute approximate surface area is 113 Å². The van der Waals surface area contributed by atoms with E-state index in [2.05, 4.69) is 4.72 Å². The summed E-state index contributed by atoms with van der Waals surface area (Å²) in [5.74, 6) is -0.566. The van der Waals surface area contributed by atoms with E-state index in [0.717, 1.165) is 6.07 Å². The Morgan fingerprint density at radius 1 is 1.32 bits per heavy atom. The fourth-order valence-corrected chi connectivity index (χ4v) is 2.68. The van der Waals surface area contributed by atoms with E-state index in [1.54, 1.807) is 20.8 Å². The Hall–Kier alpha value is -0.980. The summed E-state index contributed by atoms with van der Waals surface area (Å²) in [5, 5.41) is 10.0. The molecule has 4 nitrogen and oxygen atoms in total. The maximum atomic E-state index is 13.4. The second-order valence-electron chi connectivity index (χ2n) is 4.67. The average molecular weight is 289 g/mol. The van der Waals surface area contributed by atoms with Gasteiger partial charge in [-0.1, -0.05) is 19.9 Å². The van der Waals surface area contributed by atoms with E-state index >= 15 is 0 Å². The summed E-state index contributed by atoms with van der Waals surface area (Å²) in [5.41, 5.74) is -0.686. The molecule has 0 amide bonds. The van der Waals surface area contributed by atoms with Gasteiger partial charge in [-0.2, -0.15) is 0 Å². The van der Waals surface area contributed by atoms with Crippen molar-refractivity contribution < 1.29 is 17.9 Å². The molecule has 0 aliphatic heterocycles. The second-order valence-corrected chi connectivity index (χ2v) is 6.43. The Kier molecular flexibility index (Phi) is 5.06. The molecule has 0 saturated heterocycles. The zero-order valence-corrected chi connectivity index (χ0v) is 12.2. The van der Waals surface area contributed by atoms with Crippen molar-refractivity contribution in [2.45, 2.75) is 44.1 Å². The molecular weight excluding hydrogens is 269 g/mol. The van der Waals surface area contributed by atoms with Crippen LogP contribution in [0.4, 0.5) is 4.39 Å². The summed E-state index contributed by atoms with van der Waals surface area (Å²) in [6.07, 6.45) is 0.878. The summed E-state index contributed by atoms with van der Waals surface area (Å²) in [4.78, 5) is -0.134. The topological polar surface area (TPSA) is 66.4 Å². The van der Waals surface area contributed by atoms with Crippen LogP contribution in [0.5, 0.6) is 0 Å². The average Bonchev–Trinajstić information content (AvgIpc) is 2.39.